The summed E-state index contributed by atoms with van der Waals surface area (Å²) in [6.45, 7) is 0. The third-order valence-corrected chi connectivity index (χ3v) is 6.26. The van der Waals surface area contributed by atoms with Crippen molar-refractivity contribution >= 4 is 34.5 Å². The quantitative estimate of drug-likeness (QED) is 0.578. The van der Waals surface area contributed by atoms with Crippen LogP contribution in [0, 0.1) is 5.82 Å². The third-order valence-electron chi connectivity index (χ3n) is 5.39. The van der Waals surface area contributed by atoms with Crippen LogP contribution < -0.4 is 10.6 Å². The van der Waals surface area contributed by atoms with E-state index in [2.05, 4.69) is 10.6 Å². The van der Waals surface area contributed by atoms with Crippen molar-refractivity contribution in [2.24, 2.45) is 0 Å². The summed E-state index contributed by atoms with van der Waals surface area (Å²) in [6.07, 6.45) is 3.25. The minimum absolute atomic E-state index is 0.137. The van der Waals surface area contributed by atoms with Crippen molar-refractivity contribution in [1.29, 1.82) is 0 Å². The van der Waals surface area contributed by atoms with Gasteiger partial charge in [-0.1, -0.05) is 37.1 Å². The van der Waals surface area contributed by atoms with E-state index >= 15 is 0 Å². The lowest BCUT2D eigenvalue weighted by molar-refractivity contribution is -0.121. The van der Waals surface area contributed by atoms with Gasteiger partial charge < -0.3 is 10.6 Å². The van der Waals surface area contributed by atoms with E-state index in [0.29, 0.717) is 29.1 Å². The van der Waals surface area contributed by atoms with E-state index in [9.17, 15) is 14.0 Å². The van der Waals surface area contributed by atoms with Crippen molar-refractivity contribution in [3.63, 3.8) is 0 Å². The Bertz CT molecular complexity index is 1030. The molecule has 0 radical (unpaired) electrons. The summed E-state index contributed by atoms with van der Waals surface area (Å²) in [4.78, 5) is 26.1. The molecular formula is C23H21FN2O2S. The number of amides is 2. The van der Waals surface area contributed by atoms with Crippen molar-refractivity contribution in [2.45, 2.75) is 31.1 Å². The van der Waals surface area contributed by atoms with Crippen LogP contribution in [0.3, 0.4) is 0 Å². The van der Waals surface area contributed by atoms with Crippen molar-refractivity contribution < 1.29 is 14.0 Å². The molecule has 1 aromatic heterocycles. The molecule has 4 rings (SSSR count). The molecule has 0 aliphatic heterocycles. The van der Waals surface area contributed by atoms with Gasteiger partial charge >= 0.3 is 0 Å². The van der Waals surface area contributed by atoms with Crippen molar-refractivity contribution in [3.05, 3.63) is 82.3 Å². The van der Waals surface area contributed by atoms with Crippen LogP contribution in [0.25, 0.3) is 0 Å². The number of rotatable bonds is 5. The van der Waals surface area contributed by atoms with E-state index in [-0.39, 0.29) is 17.6 Å². The molecule has 1 heterocycles. The highest BCUT2D eigenvalue weighted by molar-refractivity contribution is 7.12. The van der Waals surface area contributed by atoms with Crippen molar-refractivity contribution in [1.82, 2.24) is 0 Å². The normalized spacial score (nSPS) is 15.1. The van der Waals surface area contributed by atoms with Gasteiger partial charge in [-0.15, -0.1) is 11.3 Å². The predicted molar refractivity (Wildman–Crippen MR) is 114 cm³/mol. The first-order valence-electron chi connectivity index (χ1n) is 9.59. The average Bonchev–Trinajstić information content (AvgIpc) is 3.41. The van der Waals surface area contributed by atoms with Crippen molar-refractivity contribution in [2.75, 3.05) is 10.6 Å². The summed E-state index contributed by atoms with van der Waals surface area (Å²) >= 11 is 1.37. The SMILES string of the molecule is O=C(Nc1cccc(NC(=O)C2(c3cccc(F)c3)CCCC2)c1)c1cccs1. The maximum atomic E-state index is 13.8. The number of anilines is 2. The van der Waals surface area contributed by atoms with E-state index in [1.807, 2.05) is 17.5 Å². The number of hydrogen-bond acceptors (Lipinski definition) is 3. The maximum Gasteiger partial charge on any atom is 0.265 e. The zero-order valence-electron chi connectivity index (χ0n) is 15.8. The molecule has 2 amide bonds. The number of carbonyl (C=O) groups is 2. The van der Waals surface area contributed by atoms with Crippen LogP contribution in [0.15, 0.2) is 66.0 Å². The Morgan fingerprint density at radius 2 is 1.62 bits per heavy atom. The Hall–Kier alpha value is -2.99. The fourth-order valence-electron chi connectivity index (χ4n) is 3.94. The Morgan fingerprint density at radius 1 is 0.897 bits per heavy atom. The fourth-order valence-corrected chi connectivity index (χ4v) is 4.56. The van der Waals surface area contributed by atoms with Gasteiger partial charge in [0, 0.05) is 11.4 Å². The highest BCUT2D eigenvalue weighted by atomic mass is 32.1. The van der Waals surface area contributed by atoms with E-state index in [1.165, 1.54) is 23.5 Å². The standard InChI is InChI=1S/C23H21FN2O2S/c24-17-7-3-6-16(14-17)23(11-1-2-12-23)22(28)26-19-9-4-8-18(15-19)25-21(27)20-10-5-13-29-20/h3-10,13-15H,1-2,11-12H2,(H,25,27)(H,26,28). The van der Waals surface area contributed by atoms with Crippen molar-refractivity contribution in [3.8, 4) is 0 Å². The van der Waals surface area contributed by atoms with Gasteiger partial charge in [0.25, 0.3) is 5.91 Å². The molecular weight excluding hydrogens is 387 g/mol. The lowest BCUT2D eigenvalue weighted by Gasteiger charge is -2.28. The van der Waals surface area contributed by atoms with E-state index in [1.54, 1.807) is 36.4 Å². The predicted octanol–water partition coefficient (Wildman–Crippen LogP) is 5.59. The zero-order chi connectivity index (χ0) is 20.3. The molecule has 2 N–H and O–H groups in total. The molecule has 0 saturated heterocycles. The smallest absolute Gasteiger partial charge is 0.265 e. The second-order valence-corrected chi connectivity index (χ2v) is 8.21. The number of halogens is 1. The molecule has 29 heavy (non-hydrogen) atoms. The molecule has 4 nitrogen and oxygen atoms in total. The van der Waals surface area contributed by atoms with Crippen LogP contribution in [-0.2, 0) is 10.2 Å². The number of benzene rings is 2. The van der Waals surface area contributed by atoms with Crippen LogP contribution in [0.2, 0.25) is 0 Å². The molecule has 0 bridgehead atoms. The number of thiophene rings is 1. The Kier molecular flexibility index (Phi) is 5.45. The number of hydrogen-bond donors (Lipinski definition) is 2. The van der Waals surface area contributed by atoms with Crippen LogP contribution in [0.4, 0.5) is 15.8 Å². The Morgan fingerprint density at radius 3 is 2.31 bits per heavy atom. The molecule has 2 aromatic carbocycles. The lowest BCUT2D eigenvalue weighted by atomic mass is 9.78. The van der Waals surface area contributed by atoms with Gasteiger partial charge in [0.2, 0.25) is 5.91 Å². The highest BCUT2D eigenvalue weighted by Crippen LogP contribution is 2.42. The van der Waals surface area contributed by atoms with Gasteiger partial charge in [0.05, 0.1) is 10.3 Å². The molecule has 3 aromatic rings. The van der Waals surface area contributed by atoms with Gasteiger partial charge in [-0.25, -0.2) is 4.39 Å². The largest absolute Gasteiger partial charge is 0.325 e. The zero-order valence-corrected chi connectivity index (χ0v) is 16.6. The molecule has 1 aliphatic rings. The molecule has 1 fully saturated rings. The minimum atomic E-state index is -0.724. The Labute approximate surface area is 172 Å². The monoisotopic (exact) mass is 408 g/mol. The first-order valence-corrected chi connectivity index (χ1v) is 10.5. The summed E-state index contributed by atoms with van der Waals surface area (Å²) in [5, 5.41) is 7.67. The topological polar surface area (TPSA) is 58.2 Å². The molecule has 0 atom stereocenters. The van der Waals surface area contributed by atoms with Gasteiger partial charge in [-0.3, -0.25) is 9.59 Å². The molecule has 6 heteroatoms. The fraction of sp³-hybridized carbons (Fsp3) is 0.217. The molecule has 148 valence electrons. The summed E-state index contributed by atoms with van der Waals surface area (Å²) in [6, 6.07) is 17.0. The van der Waals surface area contributed by atoms with Gasteiger partial charge in [0.15, 0.2) is 0 Å². The summed E-state index contributed by atoms with van der Waals surface area (Å²) < 4.78 is 13.8. The van der Waals surface area contributed by atoms with Gasteiger partial charge in [-0.2, -0.15) is 0 Å². The molecule has 1 saturated carbocycles. The molecule has 0 unspecified atom stereocenters. The first-order chi connectivity index (χ1) is 14.1. The second kappa shape index (κ2) is 8.17. The Balaban J connectivity index is 1.53. The van der Waals surface area contributed by atoms with Crippen LogP contribution in [0.1, 0.15) is 40.9 Å². The average molecular weight is 408 g/mol. The van der Waals surface area contributed by atoms with Gasteiger partial charge in [0.1, 0.15) is 5.82 Å². The van der Waals surface area contributed by atoms with Crippen LogP contribution >= 0.6 is 11.3 Å². The molecule has 0 spiro atoms. The third kappa shape index (κ3) is 4.07. The van der Waals surface area contributed by atoms with E-state index in [4.69, 9.17) is 0 Å². The maximum absolute atomic E-state index is 13.8. The number of carbonyl (C=O) groups excluding carboxylic acids is 2. The first kappa shape index (κ1) is 19.3. The van der Waals surface area contributed by atoms with Crippen LogP contribution in [-0.4, -0.2) is 11.8 Å². The van der Waals surface area contributed by atoms with E-state index < -0.39 is 5.41 Å². The number of nitrogens with one attached hydrogen (secondary N) is 2. The van der Waals surface area contributed by atoms with E-state index in [0.717, 1.165) is 18.4 Å². The minimum Gasteiger partial charge on any atom is -0.325 e. The second-order valence-electron chi connectivity index (χ2n) is 7.27. The van der Waals surface area contributed by atoms with Crippen LogP contribution in [0.5, 0.6) is 0 Å². The molecule has 1 aliphatic carbocycles. The summed E-state index contributed by atoms with van der Waals surface area (Å²) in [5.74, 6) is -0.655. The summed E-state index contributed by atoms with van der Waals surface area (Å²) in [5.41, 5.74) is 1.20. The lowest BCUT2D eigenvalue weighted by Crippen LogP contribution is -2.38. The summed E-state index contributed by atoms with van der Waals surface area (Å²) in [7, 11) is 0. The highest BCUT2D eigenvalue weighted by Gasteiger charge is 2.42. The van der Waals surface area contributed by atoms with Gasteiger partial charge in [-0.05, 0) is 60.2 Å².